The molecule has 1 aromatic carbocycles. The summed E-state index contributed by atoms with van der Waals surface area (Å²) >= 11 is 3.21. The van der Waals surface area contributed by atoms with Crippen LogP contribution < -0.4 is 0 Å². The molecule has 0 atom stereocenters. The maximum Gasteiger partial charge on any atom is 0.157 e. The van der Waals surface area contributed by atoms with Gasteiger partial charge in [0.15, 0.2) is 4.34 Å². The fourth-order valence-corrected chi connectivity index (χ4v) is 3.50. The van der Waals surface area contributed by atoms with Crippen LogP contribution in [0.5, 0.6) is 0 Å². The van der Waals surface area contributed by atoms with Crippen molar-refractivity contribution in [3.63, 3.8) is 0 Å². The number of thiazole rings is 1. The quantitative estimate of drug-likeness (QED) is 0.795. The van der Waals surface area contributed by atoms with Gasteiger partial charge in [0.05, 0.1) is 16.8 Å². The van der Waals surface area contributed by atoms with Crippen molar-refractivity contribution < 1.29 is 5.11 Å². The van der Waals surface area contributed by atoms with Crippen molar-refractivity contribution in [3.8, 4) is 0 Å². The van der Waals surface area contributed by atoms with E-state index in [0.717, 1.165) is 20.4 Å². The highest BCUT2D eigenvalue weighted by Crippen LogP contribution is 2.33. The molecule has 0 saturated carbocycles. The van der Waals surface area contributed by atoms with Crippen LogP contribution in [0.15, 0.2) is 52.0 Å². The van der Waals surface area contributed by atoms with Gasteiger partial charge in [0.1, 0.15) is 5.03 Å². The lowest BCUT2D eigenvalue weighted by Gasteiger charge is -1.98. The van der Waals surface area contributed by atoms with Gasteiger partial charge >= 0.3 is 0 Å². The second kappa shape index (κ2) is 5.06. The average molecular weight is 274 g/mol. The van der Waals surface area contributed by atoms with E-state index in [1.54, 1.807) is 29.3 Å². The van der Waals surface area contributed by atoms with E-state index in [-0.39, 0.29) is 6.61 Å². The molecule has 90 valence electrons. The topological polar surface area (TPSA) is 46.0 Å². The Bertz CT molecular complexity index is 631. The summed E-state index contributed by atoms with van der Waals surface area (Å²) in [4.78, 5) is 8.83. The molecule has 0 radical (unpaired) electrons. The monoisotopic (exact) mass is 274 g/mol. The first-order chi connectivity index (χ1) is 8.85. The van der Waals surface area contributed by atoms with Crippen LogP contribution >= 0.6 is 23.1 Å². The fourth-order valence-electron chi connectivity index (χ4n) is 1.55. The number of fused-ring (bicyclic) bond motifs is 1. The third-order valence-corrected chi connectivity index (χ3v) is 4.49. The standard InChI is InChI=1S/C13H10N2OS2/c16-8-9-5-6-12(14-7-9)18-13-15-10-3-1-2-4-11(10)17-13/h1-7,16H,8H2. The van der Waals surface area contributed by atoms with Crippen molar-refractivity contribution in [2.75, 3.05) is 0 Å². The van der Waals surface area contributed by atoms with Gasteiger partial charge in [-0.2, -0.15) is 0 Å². The van der Waals surface area contributed by atoms with Crippen LogP contribution in [0.25, 0.3) is 10.2 Å². The highest BCUT2D eigenvalue weighted by atomic mass is 32.2. The van der Waals surface area contributed by atoms with Gasteiger partial charge in [-0.3, -0.25) is 0 Å². The number of hydrogen-bond donors (Lipinski definition) is 1. The molecule has 2 heterocycles. The van der Waals surface area contributed by atoms with Crippen molar-refractivity contribution in [1.82, 2.24) is 9.97 Å². The van der Waals surface area contributed by atoms with Crippen LogP contribution in [0.3, 0.4) is 0 Å². The summed E-state index contributed by atoms with van der Waals surface area (Å²) in [6.45, 7) is 0.0269. The Morgan fingerprint density at radius 2 is 2.06 bits per heavy atom. The number of aliphatic hydroxyl groups is 1. The zero-order valence-corrected chi connectivity index (χ0v) is 11.0. The van der Waals surface area contributed by atoms with E-state index >= 15 is 0 Å². The molecule has 0 unspecified atom stereocenters. The van der Waals surface area contributed by atoms with Gasteiger partial charge in [0, 0.05) is 6.20 Å². The lowest BCUT2D eigenvalue weighted by Crippen LogP contribution is -1.85. The molecule has 3 nitrogen and oxygen atoms in total. The van der Waals surface area contributed by atoms with E-state index in [4.69, 9.17) is 5.11 Å². The van der Waals surface area contributed by atoms with E-state index in [2.05, 4.69) is 16.0 Å². The number of rotatable bonds is 3. The first-order valence-electron chi connectivity index (χ1n) is 5.44. The van der Waals surface area contributed by atoms with Gasteiger partial charge in [-0.05, 0) is 35.5 Å². The molecule has 0 fully saturated rings. The molecule has 3 aromatic rings. The second-order valence-corrected chi connectivity index (χ2v) is 6.01. The Morgan fingerprint density at radius 1 is 1.17 bits per heavy atom. The summed E-state index contributed by atoms with van der Waals surface area (Å²) in [5.41, 5.74) is 1.85. The largest absolute Gasteiger partial charge is 0.392 e. The molecule has 0 aliphatic carbocycles. The minimum atomic E-state index is 0.0269. The van der Waals surface area contributed by atoms with Crippen molar-refractivity contribution in [2.24, 2.45) is 0 Å². The predicted molar refractivity (Wildman–Crippen MR) is 73.9 cm³/mol. The third-order valence-electron chi connectivity index (χ3n) is 2.45. The van der Waals surface area contributed by atoms with Crippen LogP contribution in [0, 0.1) is 0 Å². The van der Waals surface area contributed by atoms with Gasteiger partial charge in [0.2, 0.25) is 0 Å². The Labute approximate surface area is 113 Å². The molecule has 18 heavy (non-hydrogen) atoms. The summed E-state index contributed by atoms with van der Waals surface area (Å²) in [5, 5.41) is 9.85. The Hall–Kier alpha value is -1.43. The molecular formula is C13H10N2OS2. The molecule has 0 saturated heterocycles. The van der Waals surface area contributed by atoms with Gasteiger partial charge in [-0.1, -0.05) is 18.2 Å². The van der Waals surface area contributed by atoms with Gasteiger partial charge in [-0.15, -0.1) is 11.3 Å². The minimum absolute atomic E-state index is 0.0269. The zero-order chi connectivity index (χ0) is 12.4. The molecular weight excluding hydrogens is 264 g/mol. The highest BCUT2D eigenvalue weighted by molar-refractivity contribution is 8.01. The summed E-state index contributed by atoms with van der Waals surface area (Å²) in [6, 6.07) is 11.9. The van der Waals surface area contributed by atoms with Crippen molar-refractivity contribution in [2.45, 2.75) is 16.0 Å². The fraction of sp³-hybridized carbons (Fsp3) is 0.0769. The average Bonchev–Trinajstić information content (AvgIpc) is 2.82. The Balaban J connectivity index is 1.86. The molecule has 5 heteroatoms. The van der Waals surface area contributed by atoms with E-state index in [9.17, 15) is 0 Å². The van der Waals surface area contributed by atoms with Gasteiger partial charge < -0.3 is 5.11 Å². The zero-order valence-electron chi connectivity index (χ0n) is 9.41. The number of benzene rings is 1. The van der Waals surface area contributed by atoms with Crippen LogP contribution in [0.1, 0.15) is 5.56 Å². The molecule has 3 rings (SSSR count). The third kappa shape index (κ3) is 2.38. The smallest absolute Gasteiger partial charge is 0.157 e. The summed E-state index contributed by atoms with van der Waals surface area (Å²) in [7, 11) is 0. The SMILES string of the molecule is OCc1ccc(Sc2nc3ccccc3s2)nc1. The van der Waals surface area contributed by atoms with Crippen molar-refractivity contribution >= 4 is 33.3 Å². The highest BCUT2D eigenvalue weighted by Gasteiger charge is 2.05. The van der Waals surface area contributed by atoms with E-state index < -0.39 is 0 Å². The Morgan fingerprint density at radius 3 is 2.78 bits per heavy atom. The molecule has 1 N–H and O–H groups in total. The molecule has 0 amide bonds. The molecule has 0 bridgehead atoms. The van der Waals surface area contributed by atoms with Crippen molar-refractivity contribution in [3.05, 3.63) is 48.2 Å². The van der Waals surface area contributed by atoms with E-state index in [1.165, 1.54) is 4.70 Å². The Kier molecular flexibility index (Phi) is 3.27. The van der Waals surface area contributed by atoms with Crippen LogP contribution in [0.4, 0.5) is 0 Å². The first-order valence-corrected chi connectivity index (χ1v) is 7.07. The van der Waals surface area contributed by atoms with Gasteiger partial charge in [0.25, 0.3) is 0 Å². The summed E-state index contributed by atoms with van der Waals surface area (Å²) in [5.74, 6) is 0. The molecule has 2 aromatic heterocycles. The number of hydrogen-bond acceptors (Lipinski definition) is 5. The van der Waals surface area contributed by atoms with Gasteiger partial charge in [-0.25, -0.2) is 9.97 Å². The number of aliphatic hydroxyl groups excluding tert-OH is 1. The molecule has 0 aliphatic heterocycles. The van der Waals surface area contributed by atoms with E-state index in [1.807, 2.05) is 30.3 Å². The summed E-state index contributed by atoms with van der Waals surface area (Å²) < 4.78 is 2.17. The van der Waals surface area contributed by atoms with E-state index in [0.29, 0.717) is 0 Å². The first kappa shape index (κ1) is 11.6. The number of para-hydroxylation sites is 1. The maximum absolute atomic E-state index is 8.96. The van der Waals surface area contributed by atoms with Crippen LogP contribution in [-0.2, 0) is 6.61 Å². The molecule has 0 aliphatic rings. The normalized spacial score (nSPS) is 10.9. The lowest BCUT2D eigenvalue weighted by atomic mass is 10.3. The number of aromatic nitrogens is 2. The molecule has 0 spiro atoms. The van der Waals surface area contributed by atoms with Crippen LogP contribution in [0.2, 0.25) is 0 Å². The minimum Gasteiger partial charge on any atom is -0.392 e. The lowest BCUT2D eigenvalue weighted by molar-refractivity contribution is 0.281. The summed E-state index contributed by atoms with van der Waals surface area (Å²) in [6.07, 6.45) is 1.69. The number of nitrogens with zero attached hydrogens (tertiary/aromatic N) is 2. The maximum atomic E-state index is 8.96. The van der Waals surface area contributed by atoms with Crippen molar-refractivity contribution in [1.29, 1.82) is 0 Å². The van der Waals surface area contributed by atoms with Crippen LogP contribution in [-0.4, -0.2) is 15.1 Å². The predicted octanol–water partition coefficient (Wildman–Crippen LogP) is 3.33. The second-order valence-electron chi connectivity index (χ2n) is 3.71. The number of pyridine rings is 1.